The Morgan fingerprint density at radius 1 is 1.00 bits per heavy atom. The Hall–Kier alpha value is -3.32. The number of hydrogen-bond acceptors (Lipinski definition) is 5. The highest BCUT2D eigenvalue weighted by molar-refractivity contribution is 6.33. The summed E-state index contributed by atoms with van der Waals surface area (Å²) in [6, 6.07) is 20.9. The zero-order chi connectivity index (χ0) is 25.7. The maximum Gasteiger partial charge on any atom is 0.155 e. The van der Waals surface area contributed by atoms with Crippen molar-refractivity contribution in [2.75, 3.05) is 26.2 Å². The summed E-state index contributed by atoms with van der Waals surface area (Å²) in [4.78, 5) is 17.6. The van der Waals surface area contributed by atoms with Crippen molar-refractivity contribution in [3.63, 3.8) is 0 Å². The Morgan fingerprint density at radius 2 is 1.82 bits per heavy atom. The van der Waals surface area contributed by atoms with E-state index in [1.807, 2.05) is 24.4 Å². The van der Waals surface area contributed by atoms with E-state index in [1.54, 1.807) is 6.20 Å². The fraction of sp³-hybridized carbons (Fsp3) is 0.323. The van der Waals surface area contributed by atoms with Gasteiger partial charge in [0.1, 0.15) is 11.3 Å². The van der Waals surface area contributed by atoms with Gasteiger partial charge in [0.05, 0.1) is 22.4 Å². The minimum absolute atomic E-state index is 0.0850. The topological polar surface area (TPSA) is 58.4 Å². The summed E-state index contributed by atoms with van der Waals surface area (Å²) in [5.74, 6) is 1.66. The maximum atomic E-state index is 6.81. The third-order valence-corrected chi connectivity index (χ3v) is 8.93. The molecular formula is C31H31ClN6. The van der Waals surface area contributed by atoms with Crippen LogP contribution in [0.4, 0.5) is 0 Å². The first-order valence-electron chi connectivity index (χ1n) is 13.6. The van der Waals surface area contributed by atoms with E-state index < -0.39 is 0 Å². The highest BCUT2D eigenvalue weighted by Gasteiger charge is 2.54. The van der Waals surface area contributed by atoms with Crippen LogP contribution in [0.25, 0.3) is 38.9 Å². The molecule has 2 unspecified atom stereocenters. The van der Waals surface area contributed by atoms with Crippen LogP contribution in [0, 0.1) is 5.92 Å². The lowest BCUT2D eigenvalue weighted by Gasteiger charge is -2.56. The van der Waals surface area contributed by atoms with Gasteiger partial charge in [-0.15, -0.1) is 0 Å². The summed E-state index contributed by atoms with van der Waals surface area (Å²) in [7, 11) is 0. The molecule has 1 N–H and O–H groups in total. The Morgan fingerprint density at radius 3 is 2.58 bits per heavy atom. The quantitative estimate of drug-likeness (QED) is 0.298. The van der Waals surface area contributed by atoms with Gasteiger partial charge in [-0.05, 0) is 30.9 Å². The monoisotopic (exact) mass is 522 g/mol. The number of halogens is 1. The van der Waals surface area contributed by atoms with Gasteiger partial charge in [0, 0.05) is 55.1 Å². The number of nitrogens with zero attached hydrogens (tertiary/aromatic N) is 5. The average Bonchev–Trinajstić information content (AvgIpc) is 3.34. The van der Waals surface area contributed by atoms with Crippen LogP contribution >= 0.6 is 11.6 Å². The van der Waals surface area contributed by atoms with Gasteiger partial charge in [-0.3, -0.25) is 9.30 Å². The van der Waals surface area contributed by atoms with Crippen molar-refractivity contribution in [1.82, 2.24) is 29.6 Å². The van der Waals surface area contributed by atoms with E-state index in [-0.39, 0.29) is 5.54 Å². The second-order valence-electron chi connectivity index (χ2n) is 10.5. The smallest absolute Gasteiger partial charge is 0.155 e. The van der Waals surface area contributed by atoms with Crippen LogP contribution in [0.1, 0.15) is 32.0 Å². The van der Waals surface area contributed by atoms with Gasteiger partial charge in [0.25, 0.3) is 0 Å². The minimum atomic E-state index is -0.0850. The van der Waals surface area contributed by atoms with Gasteiger partial charge in [-0.1, -0.05) is 73.5 Å². The number of nitrogens with one attached hydrogen (secondary N) is 1. The van der Waals surface area contributed by atoms with E-state index in [0.717, 1.165) is 83.8 Å². The molecule has 1 aliphatic carbocycles. The average molecular weight is 523 g/mol. The number of imidazole rings is 1. The molecule has 0 radical (unpaired) electrons. The largest absolute Gasteiger partial charge is 0.314 e. The lowest BCUT2D eigenvalue weighted by Crippen LogP contribution is -2.62. The Balaban J connectivity index is 1.41. The van der Waals surface area contributed by atoms with Crippen LogP contribution in [-0.2, 0) is 5.54 Å². The summed E-state index contributed by atoms with van der Waals surface area (Å²) in [6.45, 7) is 6.39. The molecule has 2 atom stereocenters. The molecular weight excluding hydrogens is 492 g/mol. The van der Waals surface area contributed by atoms with Crippen molar-refractivity contribution < 1.29 is 0 Å². The van der Waals surface area contributed by atoms with E-state index in [4.69, 9.17) is 21.6 Å². The zero-order valence-corrected chi connectivity index (χ0v) is 22.3. The number of fused-ring (bicyclic) bond motifs is 2. The molecule has 0 amide bonds. The van der Waals surface area contributed by atoms with Crippen molar-refractivity contribution in [2.24, 2.45) is 5.92 Å². The zero-order valence-electron chi connectivity index (χ0n) is 21.6. The first kappa shape index (κ1) is 23.8. The molecule has 1 saturated carbocycles. The molecule has 7 rings (SSSR count). The first-order chi connectivity index (χ1) is 18.7. The Labute approximate surface area is 227 Å². The van der Waals surface area contributed by atoms with Crippen LogP contribution in [0.2, 0.25) is 5.15 Å². The van der Waals surface area contributed by atoms with Crippen molar-refractivity contribution in [2.45, 2.75) is 31.7 Å². The molecule has 2 fully saturated rings. The van der Waals surface area contributed by atoms with Crippen LogP contribution in [0.5, 0.6) is 0 Å². The molecule has 5 aromatic rings. The van der Waals surface area contributed by atoms with E-state index in [2.05, 4.69) is 69.0 Å². The van der Waals surface area contributed by atoms with Gasteiger partial charge < -0.3 is 5.32 Å². The number of pyridine rings is 1. The van der Waals surface area contributed by atoms with E-state index >= 15 is 0 Å². The number of piperazine rings is 1. The van der Waals surface area contributed by atoms with Gasteiger partial charge in [0.2, 0.25) is 0 Å². The third kappa shape index (κ3) is 3.66. The second kappa shape index (κ2) is 9.45. The van der Waals surface area contributed by atoms with Gasteiger partial charge >= 0.3 is 0 Å². The summed E-state index contributed by atoms with van der Waals surface area (Å²) in [5.41, 5.74) is 5.69. The van der Waals surface area contributed by atoms with Crippen LogP contribution in [-0.4, -0.2) is 50.4 Å². The lowest BCUT2D eigenvalue weighted by atomic mass is 9.63. The van der Waals surface area contributed by atoms with Crippen LogP contribution < -0.4 is 5.32 Å². The second-order valence-corrected chi connectivity index (χ2v) is 10.9. The van der Waals surface area contributed by atoms with E-state index in [9.17, 15) is 0 Å². The summed E-state index contributed by atoms with van der Waals surface area (Å²) in [6.07, 6.45) is 7.31. The Bertz CT molecular complexity index is 1620. The molecule has 4 heterocycles. The van der Waals surface area contributed by atoms with Crippen molar-refractivity contribution >= 4 is 28.0 Å². The Kier molecular flexibility index (Phi) is 5.91. The van der Waals surface area contributed by atoms with Gasteiger partial charge in [-0.25, -0.2) is 15.0 Å². The van der Waals surface area contributed by atoms with Crippen LogP contribution in [0.3, 0.4) is 0 Å². The minimum Gasteiger partial charge on any atom is -0.314 e. The summed E-state index contributed by atoms with van der Waals surface area (Å²) < 4.78 is 2.21. The van der Waals surface area contributed by atoms with Crippen molar-refractivity contribution in [3.05, 3.63) is 84.0 Å². The SMILES string of the molecule is CCC1CCC1(c1nc(-c2ccc3ccc(-c4ccccc4)nc3c2)c2c(Cl)nccn12)N1CCNCC1. The molecule has 2 aliphatic rings. The number of benzene rings is 2. The number of rotatable bonds is 5. The van der Waals surface area contributed by atoms with E-state index in [1.165, 1.54) is 6.42 Å². The highest BCUT2D eigenvalue weighted by Crippen LogP contribution is 2.53. The molecule has 7 heteroatoms. The number of aromatic nitrogens is 4. The molecule has 2 aromatic carbocycles. The molecule has 38 heavy (non-hydrogen) atoms. The van der Waals surface area contributed by atoms with E-state index in [0.29, 0.717) is 11.1 Å². The molecule has 1 saturated heterocycles. The van der Waals surface area contributed by atoms with Gasteiger partial charge in [-0.2, -0.15) is 0 Å². The maximum absolute atomic E-state index is 6.81. The fourth-order valence-electron chi connectivity index (χ4n) is 6.62. The molecule has 1 aliphatic heterocycles. The van der Waals surface area contributed by atoms with Crippen molar-refractivity contribution in [3.8, 4) is 22.5 Å². The predicted molar refractivity (Wildman–Crippen MR) is 153 cm³/mol. The third-order valence-electron chi connectivity index (χ3n) is 8.66. The highest BCUT2D eigenvalue weighted by atomic mass is 35.5. The van der Waals surface area contributed by atoms with Gasteiger partial charge in [0.15, 0.2) is 5.15 Å². The number of hydrogen-bond donors (Lipinski definition) is 1. The molecule has 0 spiro atoms. The normalized spacial score (nSPS) is 22.1. The van der Waals surface area contributed by atoms with Crippen molar-refractivity contribution in [1.29, 1.82) is 0 Å². The first-order valence-corrected chi connectivity index (χ1v) is 14.0. The summed E-state index contributed by atoms with van der Waals surface area (Å²) in [5, 5.41) is 5.11. The predicted octanol–water partition coefficient (Wildman–Crippen LogP) is 6.19. The molecule has 3 aromatic heterocycles. The molecule has 6 nitrogen and oxygen atoms in total. The summed E-state index contributed by atoms with van der Waals surface area (Å²) >= 11 is 6.81. The fourth-order valence-corrected chi connectivity index (χ4v) is 6.86. The molecule has 0 bridgehead atoms. The molecule has 192 valence electrons. The standard InChI is InChI=1S/C31H31ClN6/c1-2-24-12-13-31(24,37-17-14-33-15-18-37)30-36-27(28-29(32)34-16-19-38(28)30)23-9-8-22-10-11-25(35-26(22)20-23)21-6-4-3-5-7-21/h3-11,16,19-20,24,33H,2,12-15,17-18H2,1H3. The van der Waals surface area contributed by atoms with Crippen LogP contribution in [0.15, 0.2) is 73.1 Å². The lowest BCUT2D eigenvalue weighted by molar-refractivity contribution is -0.0656.